The monoisotopic (exact) mass is 191 g/mol. The van der Waals surface area contributed by atoms with Crippen molar-refractivity contribution in [3.05, 3.63) is 36.2 Å². The fourth-order valence-corrected chi connectivity index (χ4v) is 1.43. The van der Waals surface area contributed by atoms with Crippen LogP contribution >= 0.6 is 11.8 Å². The Bertz CT molecular complexity index is 357. The number of nitrogens with zero attached hydrogens (tertiary/aromatic N) is 1. The van der Waals surface area contributed by atoms with Crippen molar-refractivity contribution in [2.45, 2.75) is 4.90 Å². The lowest BCUT2D eigenvalue weighted by atomic mass is 10.2. The fourth-order valence-electron chi connectivity index (χ4n) is 0.859. The summed E-state index contributed by atoms with van der Waals surface area (Å²) < 4.78 is 0. The molecule has 0 saturated carbocycles. The second kappa shape index (κ2) is 4.53. The number of benzene rings is 1. The molecule has 2 N–H and O–H groups in total. The molecule has 65 valence electrons. The Morgan fingerprint density at radius 3 is 3.00 bits per heavy atom. The van der Waals surface area contributed by atoms with Crippen LogP contribution in [0.25, 0.3) is 0 Å². The Morgan fingerprint density at radius 2 is 2.38 bits per heavy atom. The van der Waals surface area contributed by atoms with Gasteiger partial charge < -0.3 is 5.73 Å². The van der Waals surface area contributed by atoms with E-state index in [-0.39, 0.29) is 0 Å². The zero-order valence-corrected chi connectivity index (χ0v) is 7.54. The highest BCUT2D eigenvalue weighted by Gasteiger charge is 2.00. The van der Waals surface area contributed by atoms with Gasteiger partial charge in [0.2, 0.25) is 0 Å². The molecule has 13 heavy (non-hydrogen) atoms. The number of carbonyl (C=O) groups is 1. The molecule has 0 unspecified atom stereocenters. The number of thioether (sulfide) groups is 1. The normalized spacial score (nSPS) is 9.15. The van der Waals surface area contributed by atoms with Gasteiger partial charge in [0.25, 0.3) is 5.24 Å². The lowest BCUT2D eigenvalue weighted by Crippen LogP contribution is -2.01. The number of hydrogen-bond donors (Lipinski definition) is 1. The number of rotatable bonds is 2. The van der Waals surface area contributed by atoms with Crippen LogP contribution < -0.4 is 5.73 Å². The van der Waals surface area contributed by atoms with E-state index in [4.69, 9.17) is 11.0 Å². The first-order valence-electron chi connectivity index (χ1n) is 3.52. The molecule has 0 aliphatic rings. The van der Waals surface area contributed by atoms with Crippen LogP contribution in [0.2, 0.25) is 0 Å². The molecule has 0 heterocycles. The standard InChI is InChI=1S/C9H7N2OS/c10-5-4-7-2-1-3-8(6-7)13-9(11)12/h1-4,6H,(H2,11,12). The minimum Gasteiger partial charge on any atom is -0.360 e. The van der Waals surface area contributed by atoms with Crippen molar-refractivity contribution in [1.29, 1.82) is 5.26 Å². The molecule has 1 radical (unpaired) electrons. The van der Waals surface area contributed by atoms with E-state index >= 15 is 0 Å². The van der Waals surface area contributed by atoms with Gasteiger partial charge in [0.05, 0.1) is 12.5 Å². The van der Waals surface area contributed by atoms with Crippen LogP contribution in [0.4, 0.5) is 4.79 Å². The summed E-state index contributed by atoms with van der Waals surface area (Å²) in [5, 5.41) is 7.94. The Hall–Kier alpha value is -1.47. The average molecular weight is 191 g/mol. The Kier molecular flexibility index (Phi) is 3.35. The first-order valence-corrected chi connectivity index (χ1v) is 4.34. The van der Waals surface area contributed by atoms with Gasteiger partial charge in [-0.2, -0.15) is 5.26 Å². The summed E-state index contributed by atoms with van der Waals surface area (Å²) in [6.45, 7) is 0. The molecule has 0 saturated heterocycles. The van der Waals surface area contributed by atoms with Gasteiger partial charge >= 0.3 is 0 Å². The smallest absolute Gasteiger partial charge is 0.281 e. The highest BCUT2D eigenvalue weighted by Crippen LogP contribution is 2.19. The summed E-state index contributed by atoms with van der Waals surface area (Å²) in [6, 6.07) is 8.98. The zero-order valence-electron chi connectivity index (χ0n) is 6.73. The molecule has 1 amide bonds. The first kappa shape index (κ1) is 9.62. The topological polar surface area (TPSA) is 66.9 Å². The van der Waals surface area contributed by atoms with Crippen LogP contribution in [0.3, 0.4) is 0 Å². The lowest BCUT2D eigenvalue weighted by molar-refractivity contribution is 0.267. The van der Waals surface area contributed by atoms with Gasteiger partial charge in [-0.25, -0.2) is 0 Å². The van der Waals surface area contributed by atoms with Crippen molar-refractivity contribution in [3.8, 4) is 6.07 Å². The maximum absolute atomic E-state index is 10.5. The van der Waals surface area contributed by atoms with Crippen molar-refractivity contribution in [2.75, 3.05) is 0 Å². The molecule has 0 spiro atoms. The van der Waals surface area contributed by atoms with Crippen LogP contribution in [-0.4, -0.2) is 5.24 Å². The van der Waals surface area contributed by atoms with Crippen molar-refractivity contribution < 1.29 is 4.79 Å². The predicted octanol–water partition coefficient (Wildman–Crippen LogP) is 1.93. The molecule has 1 rings (SSSR count). The van der Waals surface area contributed by atoms with Gasteiger partial charge in [0.15, 0.2) is 0 Å². The van der Waals surface area contributed by atoms with E-state index in [1.54, 1.807) is 24.3 Å². The van der Waals surface area contributed by atoms with Gasteiger partial charge in [-0.05, 0) is 29.5 Å². The number of amides is 1. The van der Waals surface area contributed by atoms with Crippen LogP contribution in [0.15, 0.2) is 29.2 Å². The lowest BCUT2D eigenvalue weighted by Gasteiger charge is -1.98. The Labute approximate surface area is 80.5 Å². The zero-order chi connectivity index (χ0) is 9.68. The van der Waals surface area contributed by atoms with E-state index < -0.39 is 5.24 Å². The summed E-state index contributed by atoms with van der Waals surface area (Å²) >= 11 is 0.948. The SMILES string of the molecule is N#C[CH]c1cccc(SC(N)=O)c1. The molecule has 0 fully saturated rings. The van der Waals surface area contributed by atoms with Crippen LogP contribution in [0.1, 0.15) is 5.56 Å². The Balaban J connectivity index is 2.80. The van der Waals surface area contributed by atoms with Crippen molar-refractivity contribution in [2.24, 2.45) is 5.73 Å². The third-order valence-electron chi connectivity index (χ3n) is 1.31. The average Bonchev–Trinajstić information content (AvgIpc) is 2.04. The molecule has 1 aromatic rings. The van der Waals surface area contributed by atoms with Gasteiger partial charge in [0.1, 0.15) is 0 Å². The number of primary amides is 1. The minimum absolute atomic E-state index is 0.450. The first-order chi connectivity index (χ1) is 6.22. The number of hydrogen-bond acceptors (Lipinski definition) is 3. The molecule has 0 aliphatic carbocycles. The molecular weight excluding hydrogens is 184 g/mol. The summed E-state index contributed by atoms with van der Waals surface area (Å²) in [7, 11) is 0. The molecule has 0 aromatic heterocycles. The quantitative estimate of drug-likeness (QED) is 0.726. The molecule has 0 bridgehead atoms. The van der Waals surface area contributed by atoms with Crippen molar-refractivity contribution in [1.82, 2.24) is 0 Å². The van der Waals surface area contributed by atoms with E-state index in [1.807, 2.05) is 6.07 Å². The van der Waals surface area contributed by atoms with Crippen molar-refractivity contribution in [3.63, 3.8) is 0 Å². The minimum atomic E-state index is -0.450. The van der Waals surface area contributed by atoms with Crippen LogP contribution in [0.5, 0.6) is 0 Å². The molecule has 3 nitrogen and oxygen atoms in total. The van der Waals surface area contributed by atoms with Gasteiger partial charge in [-0.1, -0.05) is 12.1 Å². The maximum atomic E-state index is 10.5. The summed E-state index contributed by atoms with van der Waals surface area (Å²) in [4.78, 5) is 11.3. The number of carbonyl (C=O) groups excluding carboxylic acids is 1. The summed E-state index contributed by atoms with van der Waals surface area (Å²) in [5.41, 5.74) is 5.77. The number of nitriles is 1. The Morgan fingerprint density at radius 1 is 1.62 bits per heavy atom. The van der Waals surface area contributed by atoms with Gasteiger partial charge in [0, 0.05) is 4.90 Å². The number of nitrogens with two attached hydrogens (primary N) is 1. The predicted molar refractivity (Wildman–Crippen MR) is 50.9 cm³/mol. The van der Waals surface area contributed by atoms with E-state index in [9.17, 15) is 4.79 Å². The second-order valence-corrected chi connectivity index (χ2v) is 3.34. The maximum Gasteiger partial charge on any atom is 0.281 e. The highest BCUT2D eigenvalue weighted by molar-refractivity contribution is 8.13. The molecule has 1 aromatic carbocycles. The molecule has 4 heteroatoms. The fraction of sp³-hybridized carbons (Fsp3) is 0. The largest absolute Gasteiger partial charge is 0.360 e. The third kappa shape index (κ3) is 3.18. The molecule has 0 atom stereocenters. The summed E-state index contributed by atoms with van der Waals surface area (Å²) in [5.74, 6) is 0. The van der Waals surface area contributed by atoms with Crippen LogP contribution in [-0.2, 0) is 0 Å². The third-order valence-corrected chi connectivity index (χ3v) is 2.00. The second-order valence-electron chi connectivity index (χ2n) is 2.27. The van der Waals surface area contributed by atoms with Gasteiger partial charge in [-0.15, -0.1) is 0 Å². The van der Waals surface area contributed by atoms with E-state index in [1.165, 1.54) is 6.42 Å². The molecular formula is C9H7N2OS. The van der Waals surface area contributed by atoms with E-state index in [2.05, 4.69) is 0 Å². The van der Waals surface area contributed by atoms with E-state index in [0.29, 0.717) is 0 Å². The van der Waals surface area contributed by atoms with Gasteiger partial charge in [-0.3, -0.25) is 4.79 Å². The van der Waals surface area contributed by atoms with Crippen molar-refractivity contribution >= 4 is 17.0 Å². The summed E-state index contributed by atoms with van der Waals surface area (Å²) in [6.07, 6.45) is 1.41. The van der Waals surface area contributed by atoms with E-state index in [0.717, 1.165) is 22.2 Å². The van der Waals surface area contributed by atoms with Crippen LogP contribution in [0, 0.1) is 17.8 Å². The highest BCUT2D eigenvalue weighted by atomic mass is 32.2. The molecule has 0 aliphatic heterocycles.